The lowest BCUT2D eigenvalue weighted by atomic mass is 9.91. The van der Waals surface area contributed by atoms with Gasteiger partial charge in [-0.1, -0.05) is 24.3 Å². The van der Waals surface area contributed by atoms with Crippen LogP contribution in [0.2, 0.25) is 0 Å². The lowest BCUT2D eigenvalue weighted by molar-refractivity contribution is 0.0943. The van der Waals surface area contributed by atoms with Crippen LogP contribution in [-0.4, -0.2) is 26.7 Å². The van der Waals surface area contributed by atoms with Gasteiger partial charge in [-0.3, -0.25) is 14.5 Å². The molecule has 2 aromatic heterocycles. The summed E-state index contributed by atoms with van der Waals surface area (Å²) in [5.41, 5.74) is 3.95. The summed E-state index contributed by atoms with van der Waals surface area (Å²) in [4.78, 5) is 17.1. The minimum absolute atomic E-state index is 0.137. The largest absolute Gasteiger partial charge is 0.346 e. The van der Waals surface area contributed by atoms with Crippen LogP contribution < -0.4 is 10.6 Å². The van der Waals surface area contributed by atoms with Gasteiger partial charge in [0.05, 0.1) is 5.69 Å². The Balaban J connectivity index is 1.43. The third-order valence-corrected chi connectivity index (χ3v) is 5.37. The molecule has 4 rings (SSSR count). The first-order valence-electron chi connectivity index (χ1n) is 9.81. The maximum absolute atomic E-state index is 13.8. The second kappa shape index (κ2) is 8.53. The molecule has 1 amide bonds. The van der Waals surface area contributed by atoms with Gasteiger partial charge in [-0.05, 0) is 37.5 Å². The van der Waals surface area contributed by atoms with Crippen molar-refractivity contribution in [2.24, 2.45) is 7.05 Å². The molecule has 0 radical (unpaired) electrons. The van der Waals surface area contributed by atoms with Crippen LogP contribution in [0.1, 0.15) is 39.4 Å². The minimum Gasteiger partial charge on any atom is -0.346 e. The molecule has 0 aliphatic heterocycles. The number of rotatable bonds is 6. The molecule has 3 aromatic rings. The number of aromatic nitrogens is 3. The van der Waals surface area contributed by atoms with Gasteiger partial charge in [0.2, 0.25) is 0 Å². The summed E-state index contributed by atoms with van der Waals surface area (Å²) in [7, 11) is 1.87. The Bertz CT molecular complexity index is 1000. The van der Waals surface area contributed by atoms with Crippen LogP contribution in [0.5, 0.6) is 0 Å². The summed E-state index contributed by atoms with van der Waals surface area (Å²) in [6, 6.07) is 12.6. The summed E-state index contributed by atoms with van der Waals surface area (Å²) in [6.07, 6.45) is 4.36. The van der Waals surface area contributed by atoms with E-state index < -0.39 is 0 Å². The summed E-state index contributed by atoms with van der Waals surface area (Å²) in [5.74, 6) is -0.592. The Kier molecular flexibility index (Phi) is 5.67. The number of amides is 1. The number of pyridine rings is 1. The second-order valence-electron chi connectivity index (χ2n) is 7.31. The Morgan fingerprint density at radius 2 is 2.03 bits per heavy atom. The van der Waals surface area contributed by atoms with Crippen molar-refractivity contribution < 1.29 is 9.18 Å². The van der Waals surface area contributed by atoms with Gasteiger partial charge in [-0.2, -0.15) is 5.10 Å². The van der Waals surface area contributed by atoms with Gasteiger partial charge < -0.3 is 10.6 Å². The van der Waals surface area contributed by atoms with Crippen LogP contribution in [0.3, 0.4) is 0 Å². The first kappa shape index (κ1) is 19.3. The van der Waals surface area contributed by atoms with Crippen LogP contribution >= 0.6 is 0 Å². The lowest BCUT2D eigenvalue weighted by Crippen LogP contribution is -2.35. The van der Waals surface area contributed by atoms with E-state index in [-0.39, 0.29) is 24.3 Å². The zero-order valence-corrected chi connectivity index (χ0v) is 16.4. The predicted octanol–water partition coefficient (Wildman–Crippen LogP) is 2.53. The van der Waals surface area contributed by atoms with Crippen molar-refractivity contribution >= 4 is 5.91 Å². The van der Waals surface area contributed by atoms with E-state index in [4.69, 9.17) is 0 Å². The van der Waals surface area contributed by atoms with Crippen molar-refractivity contribution in [1.82, 2.24) is 25.4 Å². The number of fused-ring (bicyclic) bond motifs is 1. The van der Waals surface area contributed by atoms with Crippen LogP contribution in [-0.2, 0) is 33.0 Å². The van der Waals surface area contributed by atoms with Crippen LogP contribution in [0.4, 0.5) is 4.39 Å². The quantitative estimate of drug-likeness (QED) is 0.675. The van der Waals surface area contributed by atoms with E-state index in [1.165, 1.54) is 6.07 Å². The zero-order valence-electron chi connectivity index (χ0n) is 16.4. The summed E-state index contributed by atoms with van der Waals surface area (Å²) in [6.45, 7) is 0.828. The normalized spacial score (nSPS) is 15.7. The number of hydrogen-bond donors (Lipinski definition) is 2. The summed E-state index contributed by atoms with van der Waals surface area (Å²) in [5, 5.41) is 10.8. The highest BCUT2D eigenvalue weighted by Crippen LogP contribution is 2.24. The molecule has 7 heteroatoms. The first-order valence-corrected chi connectivity index (χ1v) is 9.81. The molecular weight excluding hydrogens is 369 g/mol. The van der Waals surface area contributed by atoms with E-state index in [1.54, 1.807) is 29.1 Å². The van der Waals surface area contributed by atoms with Gasteiger partial charge in [-0.15, -0.1) is 0 Å². The Hall–Kier alpha value is -3.06. The minimum atomic E-state index is -0.324. The molecule has 1 aromatic carbocycles. The van der Waals surface area contributed by atoms with E-state index in [9.17, 15) is 9.18 Å². The van der Waals surface area contributed by atoms with Gasteiger partial charge in [0.25, 0.3) is 5.91 Å². The van der Waals surface area contributed by atoms with Crippen LogP contribution in [0.15, 0.2) is 48.7 Å². The fraction of sp³-hybridized carbons (Fsp3) is 0.318. The highest BCUT2D eigenvalue weighted by atomic mass is 19.1. The molecular formula is C22H24FN5O. The molecule has 29 heavy (non-hydrogen) atoms. The van der Waals surface area contributed by atoms with Gasteiger partial charge in [0.15, 0.2) is 5.69 Å². The number of nitrogens with one attached hydrogen (secondary N) is 2. The number of hydrogen-bond acceptors (Lipinski definition) is 4. The van der Waals surface area contributed by atoms with E-state index >= 15 is 0 Å². The molecule has 0 saturated carbocycles. The van der Waals surface area contributed by atoms with Crippen LogP contribution in [0.25, 0.3) is 0 Å². The SMILES string of the molecule is Cn1nc(C(=O)NCc2ccccc2F)c2c1CCC(NCc1ccccn1)C2. The third-order valence-electron chi connectivity index (χ3n) is 5.37. The number of benzene rings is 1. The Morgan fingerprint density at radius 1 is 1.21 bits per heavy atom. The molecule has 1 aliphatic carbocycles. The standard InChI is InChI=1S/C22H24FN5O/c1-28-20-10-9-16(25-14-17-7-4-5-11-24-17)12-18(20)21(27-28)22(29)26-13-15-6-2-3-8-19(15)23/h2-8,11,16,25H,9-10,12-14H2,1H3,(H,26,29). The van der Waals surface area contributed by atoms with E-state index in [1.807, 2.05) is 25.2 Å². The monoisotopic (exact) mass is 393 g/mol. The highest BCUT2D eigenvalue weighted by molar-refractivity contribution is 5.94. The predicted molar refractivity (Wildman–Crippen MR) is 108 cm³/mol. The molecule has 0 bridgehead atoms. The first-order chi connectivity index (χ1) is 14.1. The number of carbonyl (C=O) groups is 1. The molecule has 1 aliphatic rings. The van der Waals surface area contributed by atoms with Crippen molar-refractivity contribution in [1.29, 1.82) is 0 Å². The van der Waals surface area contributed by atoms with Crippen molar-refractivity contribution in [3.63, 3.8) is 0 Å². The number of aryl methyl sites for hydroxylation is 1. The topological polar surface area (TPSA) is 71.8 Å². The third kappa shape index (κ3) is 4.35. The average molecular weight is 393 g/mol. The molecule has 6 nitrogen and oxygen atoms in total. The number of nitrogens with zero attached hydrogens (tertiary/aromatic N) is 3. The smallest absolute Gasteiger partial charge is 0.272 e. The van der Waals surface area contributed by atoms with Crippen LogP contribution in [0, 0.1) is 5.82 Å². The molecule has 2 heterocycles. The average Bonchev–Trinajstić information content (AvgIpc) is 3.08. The van der Waals surface area contributed by atoms with E-state index in [0.717, 1.165) is 36.2 Å². The van der Waals surface area contributed by atoms with Gasteiger partial charge in [0.1, 0.15) is 5.82 Å². The van der Waals surface area contributed by atoms with Gasteiger partial charge in [-0.25, -0.2) is 4.39 Å². The summed E-state index contributed by atoms with van der Waals surface area (Å²) >= 11 is 0. The lowest BCUT2D eigenvalue weighted by Gasteiger charge is -2.24. The molecule has 0 saturated heterocycles. The molecule has 0 spiro atoms. The summed E-state index contributed by atoms with van der Waals surface area (Å²) < 4.78 is 15.6. The fourth-order valence-electron chi connectivity index (χ4n) is 3.80. The van der Waals surface area contributed by atoms with Crippen molar-refractivity contribution in [3.05, 3.63) is 82.7 Å². The maximum atomic E-state index is 13.8. The Labute approximate surface area is 169 Å². The number of halogens is 1. The molecule has 150 valence electrons. The fourth-order valence-corrected chi connectivity index (χ4v) is 3.80. The van der Waals surface area contributed by atoms with Crippen molar-refractivity contribution in [3.8, 4) is 0 Å². The van der Waals surface area contributed by atoms with Crippen molar-refractivity contribution in [2.75, 3.05) is 0 Å². The second-order valence-corrected chi connectivity index (χ2v) is 7.31. The Morgan fingerprint density at radius 3 is 2.83 bits per heavy atom. The molecule has 2 N–H and O–H groups in total. The zero-order chi connectivity index (χ0) is 20.2. The number of carbonyl (C=O) groups excluding carboxylic acids is 1. The maximum Gasteiger partial charge on any atom is 0.272 e. The molecule has 1 atom stereocenters. The highest BCUT2D eigenvalue weighted by Gasteiger charge is 2.28. The van der Waals surface area contributed by atoms with Gasteiger partial charge >= 0.3 is 0 Å². The van der Waals surface area contributed by atoms with Crippen molar-refractivity contribution in [2.45, 2.75) is 38.4 Å². The van der Waals surface area contributed by atoms with Gasteiger partial charge in [0, 0.05) is 49.2 Å². The van der Waals surface area contributed by atoms with E-state index in [2.05, 4.69) is 20.7 Å². The van der Waals surface area contributed by atoms with E-state index in [0.29, 0.717) is 17.8 Å². The molecule has 1 unspecified atom stereocenters. The molecule has 0 fully saturated rings.